The number of piperidine rings is 1. The second kappa shape index (κ2) is 6.17. The van der Waals surface area contributed by atoms with Crippen molar-refractivity contribution < 1.29 is 12.8 Å². The largest absolute Gasteiger partial charge is 0.268 e. The summed E-state index contributed by atoms with van der Waals surface area (Å²) in [5.41, 5.74) is 0.456. The summed E-state index contributed by atoms with van der Waals surface area (Å²) in [4.78, 5) is 0.214. The number of aryl methyl sites for hydroxylation is 1. The number of benzene rings is 1. The van der Waals surface area contributed by atoms with E-state index in [9.17, 15) is 12.8 Å². The van der Waals surface area contributed by atoms with Crippen molar-refractivity contribution in [2.24, 2.45) is 0 Å². The SMILES string of the molecule is Cc1cc(F)ccc1S(=O)(=O)N1C2CCC1CC(n1cc(Br)cn1)C2. The average molecular weight is 428 g/mol. The lowest BCUT2D eigenvalue weighted by Crippen LogP contribution is -2.47. The molecule has 2 aliphatic rings. The van der Waals surface area contributed by atoms with E-state index in [-0.39, 0.29) is 23.0 Å². The number of rotatable bonds is 3. The molecule has 0 spiro atoms. The van der Waals surface area contributed by atoms with E-state index in [0.717, 1.165) is 30.2 Å². The van der Waals surface area contributed by atoms with Crippen LogP contribution in [-0.2, 0) is 10.0 Å². The highest BCUT2D eigenvalue weighted by atomic mass is 79.9. The van der Waals surface area contributed by atoms with Crippen LogP contribution in [0, 0.1) is 12.7 Å². The van der Waals surface area contributed by atoms with Gasteiger partial charge >= 0.3 is 0 Å². The van der Waals surface area contributed by atoms with Crippen LogP contribution in [0.25, 0.3) is 0 Å². The van der Waals surface area contributed by atoms with Gasteiger partial charge in [0.2, 0.25) is 10.0 Å². The molecular formula is C17H19BrFN3O2S. The summed E-state index contributed by atoms with van der Waals surface area (Å²) in [6.45, 7) is 1.64. The molecule has 0 amide bonds. The summed E-state index contributed by atoms with van der Waals surface area (Å²) in [7, 11) is -3.62. The van der Waals surface area contributed by atoms with Crippen molar-refractivity contribution in [1.29, 1.82) is 0 Å². The third-order valence-corrected chi connectivity index (χ3v) is 7.85. The van der Waals surface area contributed by atoms with Crippen molar-refractivity contribution in [3.8, 4) is 0 Å². The van der Waals surface area contributed by atoms with Crippen LogP contribution in [0.3, 0.4) is 0 Å². The Kier molecular flexibility index (Phi) is 4.24. The molecule has 2 bridgehead atoms. The fourth-order valence-electron chi connectivity index (χ4n) is 4.24. The van der Waals surface area contributed by atoms with E-state index >= 15 is 0 Å². The van der Waals surface area contributed by atoms with Crippen LogP contribution in [0.1, 0.15) is 37.3 Å². The maximum absolute atomic E-state index is 13.4. The maximum Gasteiger partial charge on any atom is 0.243 e. The standard InChI is InChI=1S/C17H19BrFN3O2S/c1-11-6-13(19)2-5-17(11)25(23,24)22-14-3-4-15(22)8-16(7-14)21-10-12(18)9-20-21/h2,5-6,9-10,14-16H,3-4,7-8H2,1H3. The molecule has 2 atom stereocenters. The predicted octanol–water partition coefficient (Wildman–Crippen LogP) is 3.65. The molecule has 2 aliphatic heterocycles. The normalized spacial score (nSPS) is 26.9. The highest BCUT2D eigenvalue weighted by molar-refractivity contribution is 9.10. The van der Waals surface area contributed by atoms with Gasteiger partial charge in [0.25, 0.3) is 0 Å². The second-order valence-corrected chi connectivity index (χ2v) is 9.62. The van der Waals surface area contributed by atoms with Crippen LogP contribution < -0.4 is 0 Å². The highest BCUT2D eigenvalue weighted by Gasteiger charge is 2.48. The van der Waals surface area contributed by atoms with E-state index in [1.807, 2.05) is 10.9 Å². The van der Waals surface area contributed by atoms with Gasteiger partial charge in [-0.3, -0.25) is 4.68 Å². The second-order valence-electron chi connectivity index (χ2n) is 6.89. The molecule has 2 aromatic rings. The fourth-order valence-corrected chi connectivity index (χ4v) is 6.65. The van der Waals surface area contributed by atoms with Gasteiger partial charge in [0, 0.05) is 18.3 Å². The Morgan fingerprint density at radius 2 is 1.88 bits per heavy atom. The molecule has 2 saturated heterocycles. The zero-order valence-electron chi connectivity index (χ0n) is 13.8. The quantitative estimate of drug-likeness (QED) is 0.750. The number of hydrogen-bond donors (Lipinski definition) is 0. The summed E-state index contributed by atoms with van der Waals surface area (Å²) < 4.78 is 44.3. The molecule has 1 aromatic carbocycles. The highest BCUT2D eigenvalue weighted by Crippen LogP contribution is 2.44. The van der Waals surface area contributed by atoms with Gasteiger partial charge in [-0.2, -0.15) is 9.40 Å². The number of halogens is 2. The fraction of sp³-hybridized carbons (Fsp3) is 0.471. The first kappa shape index (κ1) is 17.2. The zero-order valence-corrected chi connectivity index (χ0v) is 16.2. The monoisotopic (exact) mass is 427 g/mol. The first-order valence-corrected chi connectivity index (χ1v) is 10.6. The lowest BCUT2D eigenvalue weighted by atomic mass is 10.00. The van der Waals surface area contributed by atoms with Gasteiger partial charge in [-0.1, -0.05) is 0 Å². The minimum Gasteiger partial charge on any atom is -0.268 e. The van der Waals surface area contributed by atoms with Gasteiger partial charge in [-0.25, -0.2) is 12.8 Å². The Labute approximate surface area is 155 Å². The van der Waals surface area contributed by atoms with Crippen LogP contribution in [0.15, 0.2) is 40.0 Å². The molecule has 0 aliphatic carbocycles. The number of sulfonamides is 1. The summed E-state index contributed by atoms with van der Waals surface area (Å²) in [5.74, 6) is -0.414. The third kappa shape index (κ3) is 2.94. The van der Waals surface area contributed by atoms with Crippen molar-refractivity contribution in [2.45, 2.75) is 55.6 Å². The molecule has 5 nitrogen and oxygen atoms in total. The van der Waals surface area contributed by atoms with Crippen LogP contribution in [0.2, 0.25) is 0 Å². The van der Waals surface area contributed by atoms with E-state index in [0.29, 0.717) is 5.56 Å². The first-order chi connectivity index (χ1) is 11.9. The number of nitrogens with zero attached hydrogens (tertiary/aromatic N) is 3. The number of hydrogen-bond acceptors (Lipinski definition) is 3. The van der Waals surface area contributed by atoms with Crippen LogP contribution in [-0.4, -0.2) is 34.6 Å². The molecule has 1 aromatic heterocycles. The topological polar surface area (TPSA) is 55.2 Å². The van der Waals surface area contributed by atoms with Gasteiger partial charge in [0.1, 0.15) is 5.82 Å². The molecule has 134 valence electrons. The Hall–Kier alpha value is -1.25. The van der Waals surface area contributed by atoms with Crippen molar-refractivity contribution in [2.75, 3.05) is 0 Å². The molecule has 0 N–H and O–H groups in total. The Morgan fingerprint density at radius 1 is 1.20 bits per heavy atom. The molecule has 2 fully saturated rings. The summed E-state index contributed by atoms with van der Waals surface area (Å²) in [6, 6.07) is 4.04. The molecule has 3 heterocycles. The molecular weight excluding hydrogens is 409 g/mol. The molecule has 0 radical (unpaired) electrons. The van der Waals surface area contributed by atoms with Gasteiger partial charge in [0.15, 0.2) is 0 Å². The van der Waals surface area contributed by atoms with Crippen LogP contribution in [0.4, 0.5) is 4.39 Å². The Balaban J connectivity index is 1.64. The maximum atomic E-state index is 13.4. The molecule has 0 saturated carbocycles. The molecule has 4 rings (SSSR count). The minimum atomic E-state index is -3.62. The van der Waals surface area contributed by atoms with E-state index in [2.05, 4.69) is 21.0 Å². The summed E-state index contributed by atoms with van der Waals surface area (Å²) >= 11 is 3.41. The van der Waals surface area contributed by atoms with E-state index in [1.54, 1.807) is 17.4 Å². The lowest BCUT2D eigenvalue weighted by Gasteiger charge is -2.38. The van der Waals surface area contributed by atoms with Gasteiger partial charge < -0.3 is 0 Å². The number of aromatic nitrogens is 2. The van der Waals surface area contributed by atoms with E-state index in [1.165, 1.54) is 18.2 Å². The lowest BCUT2D eigenvalue weighted by molar-refractivity contribution is 0.184. The van der Waals surface area contributed by atoms with Crippen molar-refractivity contribution in [3.05, 3.63) is 46.4 Å². The summed E-state index contributed by atoms with van der Waals surface area (Å²) in [6.07, 6.45) is 6.94. The first-order valence-electron chi connectivity index (χ1n) is 8.35. The van der Waals surface area contributed by atoms with Crippen molar-refractivity contribution in [1.82, 2.24) is 14.1 Å². The van der Waals surface area contributed by atoms with Crippen LogP contribution in [0.5, 0.6) is 0 Å². The van der Waals surface area contributed by atoms with E-state index < -0.39 is 15.8 Å². The van der Waals surface area contributed by atoms with Crippen molar-refractivity contribution in [3.63, 3.8) is 0 Å². The molecule has 8 heteroatoms. The zero-order chi connectivity index (χ0) is 17.8. The Morgan fingerprint density at radius 3 is 2.44 bits per heavy atom. The van der Waals surface area contributed by atoms with Gasteiger partial charge in [-0.15, -0.1) is 0 Å². The molecule has 25 heavy (non-hydrogen) atoms. The number of fused-ring (bicyclic) bond motifs is 2. The predicted molar refractivity (Wildman–Crippen MR) is 95.2 cm³/mol. The molecule has 2 unspecified atom stereocenters. The smallest absolute Gasteiger partial charge is 0.243 e. The van der Waals surface area contributed by atoms with Crippen LogP contribution >= 0.6 is 15.9 Å². The minimum absolute atomic E-state index is 0.0267. The third-order valence-electron chi connectivity index (χ3n) is 5.28. The average Bonchev–Trinajstić information content (AvgIpc) is 3.09. The summed E-state index contributed by atoms with van der Waals surface area (Å²) in [5, 5.41) is 4.37. The Bertz CT molecular complexity index is 900. The van der Waals surface area contributed by atoms with Gasteiger partial charge in [0.05, 0.1) is 21.6 Å². The van der Waals surface area contributed by atoms with Crippen molar-refractivity contribution >= 4 is 26.0 Å². The van der Waals surface area contributed by atoms with Gasteiger partial charge in [-0.05, 0) is 72.3 Å². The van der Waals surface area contributed by atoms with E-state index in [4.69, 9.17) is 0 Å².